The highest BCUT2D eigenvalue weighted by molar-refractivity contribution is 7.40. The lowest BCUT2D eigenvalue weighted by Gasteiger charge is -2.33. The Bertz CT molecular complexity index is 1510. The third-order valence-electron chi connectivity index (χ3n) is 6.05. The summed E-state index contributed by atoms with van der Waals surface area (Å²) in [5, 5.41) is 2.40. The zero-order valence-corrected chi connectivity index (χ0v) is 18.6. The molecule has 0 bridgehead atoms. The summed E-state index contributed by atoms with van der Waals surface area (Å²) < 4.78 is 2.68. The Balaban J connectivity index is 1.65. The number of fused-ring (bicyclic) bond motifs is 6. The molecule has 0 aliphatic carbocycles. The van der Waals surface area contributed by atoms with Crippen molar-refractivity contribution in [1.82, 2.24) is 9.97 Å². The van der Waals surface area contributed by atoms with Gasteiger partial charge in [-0.1, -0.05) is 54.0 Å². The molecule has 7 rings (SSSR count). The molecule has 4 aromatic heterocycles. The van der Waals surface area contributed by atoms with Gasteiger partial charge in [-0.15, -0.1) is 22.7 Å². The molecule has 0 saturated heterocycles. The van der Waals surface area contributed by atoms with Crippen LogP contribution in [0.5, 0.6) is 0 Å². The first kappa shape index (κ1) is 18.1. The topological polar surface area (TPSA) is 29.0 Å². The van der Waals surface area contributed by atoms with Crippen molar-refractivity contribution < 1.29 is 0 Å². The van der Waals surface area contributed by atoms with Gasteiger partial charge < -0.3 is 4.90 Å². The molecule has 2 aromatic carbocycles. The van der Waals surface area contributed by atoms with Crippen molar-refractivity contribution >= 4 is 81.9 Å². The van der Waals surface area contributed by atoms with Gasteiger partial charge in [0.1, 0.15) is 9.66 Å². The van der Waals surface area contributed by atoms with Gasteiger partial charge in [0.05, 0.1) is 11.4 Å². The van der Waals surface area contributed by atoms with Crippen molar-refractivity contribution in [1.29, 1.82) is 0 Å². The molecule has 0 saturated carbocycles. The zero-order chi connectivity index (χ0) is 21.1. The van der Waals surface area contributed by atoms with E-state index in [-0.39, 0.29) is 6.71 Å². The van der Waals surface area contributed by atoms with Crippen LogP contribution in [-0.2, 0) is 0 Å². The zero-order valence-electron chi connectivity index (χ0n) is 17.0. The molecule has 0 N–H and O–H groups in total. The molecule has 0 spiro atoms. The quantitative estimate of drug-likeness (QED) is 0.343. The van der Waals surface area contributed by atoms with E-state index in [1.165, 1.54) is 37.2 Å². The molecule has 6 aromatic rings. The van der Waals surface area contributed by atoms with Gasteiger partial charge >= 0.3 is 0 Å². The molecule has 0 fully saturated rings. The largest absolute Gasteiger partial charge is 0.308 e. The first-order valence-corrected chi connectivity index (χ1v) is 12.2. The van der Waals surface area contributed by atoms with Crippen molar-refractivity contribution in [2.24, 2.45) is 0 Å². The highest BCUT2D eigenvalue weighted by atomic mass is 32.1. The molecule has 1 aliphatic heterocycles. The lowest BCUT2D eigenvalue weighted by molar-refractivity contribution is 1.33. The van der Waals surface area contributed by atoms with Gasteiger partial charge in [0.25, 0.3) is 6.71 Å². The number of rotatable bonds is 2. The van der Waals surface area contributed by atoms with E-state index in [0.29, 0.717) is 0 Å². The summed E-state index contributed by atoms with van der Waals surface area (Å²) in [5.74, 6) is 0. The number of hydrogen-bond acceptors (Lipinski definition) is 5. The van der Waals surface area contributed by atoms with E-state index in [1.807, 2.05) is 47.2 Å². The van der Waals surface area contributed by atoms with E-state index in [4.69, 9.17) is 9.97 Å². The Labute approximate surface area is 193 Å². The summed E-state index contributed by atoms with van der Waals surface area (Å²) in [4.78, 5) is 14.1. The predicted octanol–water partition coefficient (Wildman–Crippen LogP) is 5.21. The van der Waals surface area contributed by atoms with Crippen molar-refractivity contribution in [2.45, 2.75) is 0 Å². The SMILES string of the molecule is c1ccc(B2c3sc4ncccc4c3N(c3ccccc3)c3c2sc2ncccc32)cc1. The van der Waals surface area contributed by atoms with Gasteiger partial charge in [-0.05, 0) is 36.4 Å². The average Bonchev–Trinajstić information content (AvgIpc) is 3.42. The normalized spacial score (nSPS) is 12.9. The second-order valence-corrected chi connectivity index (χ2v) is 9.92. The lowest BCUT2D eigenvalue weighted by Crippen LogP contribution is -2.54. The van der Waals surface area contributed by atoms with Crippen LogP contribution in [0.25, 0.3) is 20.4 Å². The Kier molecular flexibility index (Phi) is 3.98. The maximum Gasteiger partial charge on any atom is 0.272 e. The van der Waals surface area contributed by atoms with Crippen molar-refractivity contribution in [3.8, 4) is 0 Å². The third kappa shape index (κ3) is 2.54. The molecule has 6 heteroatoms. The van der Waals surface area contributed by atoms with Crippen LogP contribution in [0.1, 0.15) is 0 Å². The predicted molar refractivity (Wildman–Crippen MR) is 139 cm³/mol. The second-order valence-electron chi connectivity index (χ2n) is 7.86. The van der Waals surface area contributed by atoms with Gasteiger partial charge in [-0.2, -0.15) is 0 Å². The van der Waals surface area contributed by atoms with Gasteiger partial charge in [0, 0.05) is 38.4 Å². The summed E-state index contributed by atoms with van der Waals surface area (Å²) in [6.07, 6.45) is 3.79. The Morgan fingerprint density at radius 3 is 1.69 bits per heavy atom. The van der Waals surface area contributed by atoms with E-state index in [0.717, 1.165) is 15.3 Å². The molecule has 0 radical (unpaired) electrons. The van der Waals surface area contributed by atoms with Gasteiger partial charge in [0.2, 0.25) is 0 Å². The van der Waals surface area contributed by atoms with Crippen LogP contribution in [0.3, 0.4) is 0 Å². The monoisotopic (exact) mass is 445 g/mol. The highest BCUT2D eigenvalue weighted by Crippen LogP contribution is 2.46. The molecule has 0 amide bonds. The van der Waals surface area contributed by atoms with Gasteiger partial charge in [-0.25, -0.2) is 9.97 Å². The van der Waals surface area contributed by atoms with E-state index < -0.39 is 0 Å². The van der Waals surface area contributed by atoms with Gasteiger partial charge in [-0.3, -0.25) is 0 Å². The number of hydrogen-bond donors (Lipinski definition) is 0. The maximum atomic E-state index is 4.73. The molecule has 1 aliphatic rings. The lowest BCUT2D eigenvalue weighted by atomic mass is 9.41. The van der Waals surface area contributed by atoms with Crippen LogP contribution >= 0.6 is 22.7 Å². The number of benzene rings is 2. The van der Waals surface area contributed by atoms with Crippen molar-refractivity contribution in [3.05, 3.63) is 97.3 Å². The van der Waals surface area contributed by atoms with E-state index in [9.17, 15) is 0 Å². The Morgan fingerprint density at radius 2 is 1.12 bits per heavy atom. The minimum atomic E-state index is 0.166. The van der Waals surface area contributed by atoms with Gasteiger partial charge in [0.15, 0.2) is 0 Å². The Hall–Kier alpha value is -3.48. The van der Waals surface area contributed by atoms with E-state index in [1.54, 1.807) is 0 Å². The summed E-state index contributed by atoms with van der Waals surface area (Å²) >= 11 is 3.62. The fraction of sp³-hybridized carbons (Fsp3) is 0. The summed E-state index contributed by atoms with van der Waals surface area (Å²) in [5.41, 5.74) is 4.96. The number of para-hydroxylation sites is 1. The molecule has 3 nitrogen and oxygen atoms in total. The van der Waals surface area contributed by atoms with Crippen LogP contribution in [0.4, 0.5) is 17.1 Å². The molecule has 0 unspecified atom stereocenters. The summed E-state index contributed by atoms with van der Waals surface area (Å²) in [7, 11) is 0. The van der Waals surface area contributed by atoms with Crippen molar-refractivity contribution in [2.75, 3.05) is 4.90 Å². The van der Waals surface area contributed by atoms with Crippen LogP contribution in [0, 0.1) is 0 Å². The maximum absolute atomic E-state index is 4.73. The number of pyridine rings is 2. The number of nitrogens with zero attached hydrogens (tertiary/aromatic N) is 3. The van der Waals surface area contributed by atoms with E-state index >= 15 is 0 Å². The smallest absolute Gasteiger partial charge is 0.272 e. The molecule has 32 heavy (non-hydrogen) atoms. The van der Waals surface area contributed by atoms with Crippen LogP contribution < -0.4 is 19.9 Å². The van der Waals surface area contributed by atoms with Crippen molar-refractivity contribution in [3.63, 3.8) is 0 Å². The standard InChI is InChI=1S/C26H16BN3S2/c1-3-9-17(10-4-1)27-23-21(19-13-7-15-28-25(19)31-23)30(18-11-5-2-6-12-18)22-20-14-8-16-29-26(20)32-24(22)27/h1-16H. The van der Waals surface area contributed by atoms with Crippen LogP contribution in [0.2, 0.25) is 0 Å². The number of aromatic nitrogens is 2. The molecule has 0 atom stereocenters. The molecule has 150 valence electrons. The average molecular weight is 445 g/mol. The Morgan fingerprint density at radius 1 is 0.594 bits per heavy atom. The minimum absolute atomic E-state index is 0.166. The second kappa shape index (κ2) is 7.02. The molecular formula is C26H16BN3S2. The number of anilines is 3. The summed E-state index contributed by atoms with van der Waals surface area (Å²) in [6, 6.07) is 30.0. The molecular weight excluding hydrogens is 429 g/mol. The van der Waals surface area contributed by atoms with Crippen LogP contribution in [0.15, 0.2) is 97.3 Å². The van der Waals surface area contributed by atoms with E-state index in [2.05, 4.69) is 77.7 Å². The minimum Gasteiger partial charge on any atom is -0.308 e. The fourth-order valence-corrected chi connectivity index (χ4v) is 7.35. The van der Waals surface area contributed by atoms with Crippen LogP contribution in [-0.4, -0.2) is 16.7 Å². The molecule has 5 heterocycles. The highest BCUT2D eigenvalue weighted by Gasteiger charge is 2.41. The summed E-state index contributed by atoms with van der Waals surface area (Å²) in [6.45, 7) is 0.166. The fourth-order valence-electron chi connectivity index (χ4n) is 4.74. The first-order valence-electron chi connectivity index (χ1n) is 10.5. The number of thiophene rings is 2. The third-order valence-corrected chi connectivity index (χ3v) is 8.39. The first-order chi connectivity index (χ1) is 15.9.